The van der Waals surface area contributed by atoms with Crippen LogP contribution >= 0.6 is 11.6 Å². The first-order chi connectivity index (χ1) is 20.1. The fourth-order valence-corrected chi connectivity index (χ4v) is 6.88. The van der Waals surface area contributed by atoms with E-state index in [2.05, 4.69) is 5.32 Å². The number of anilines is 1. The van der Waals surface area contributed by atoms with E-state index in [4.69, 9.17) is 16.3 Å². The number of sulfonamides is 1. The number of carbonyl (C=O) groups excluding carboxylic acids is 2. The number of methoxy groups -OCH3 is 1. The predicted octanol–water partition coefficient (Wildman–Crippen LogP) is 5.72. The molecule has 3 aromatic carbocycles. The number of nitrogens with zero attached hydrogens (tertiary/aromatic N) is 2. The first-order valence-electron chi connectivity index (χ1n) is 14.2. The van der Waals surface area contributed by atoms with Gasteiger partial charge in [0.25, 0.3) is 10.0 Å². The molecule has 1 aliphatic rings. The zero-order chi connectivity index (χ0) is 30.3. The summed E-state index contributed by atoms with van der Waals surface area (Å²) in [4.78, 5) is 29.3. The van der Waals surface area contributed by atoms with E-state index in [-0.39, 0.29) is 29.1 Å². The fourth-order valence-electron chi connectivity index (χ4n) is 5.29. The molecule has 1 aliphatic carbocycles. The minimum Gasteiger partial charge on any atom is -0.497 e. The lowest BCUT2D eigenvalue weighted by Crippen LogP contribution is -2.53. The molecule has 2 amide bonds. The first kappa shape index (κ1) is 31.4. The van der Waals surface area contributed by atoms with E-state index >= 15 is 0 Å². The summed E-state index contributed by atoms with van der Waals surface area (Å²) in [5.74, 6) is -0.217. The zero-order valence-electron chi connectivity index (χ0n) is 24.3. The number of carbonyl (C=O) groups is 2. The highest BCUT2D eigenvalue weighted by molar-refractivity contribution is 7.92. The van der Waals surface area contributed by atoms with Gasteiger partial charge in [0.05, 0.1) is 17.7 Å². The summed E-state index contributed by atoms with van der Waals surface area (Å²) in [6.07, 6.45) is 4.32. The first-order valence-corrected chi connectivity index (χ1v) is 16.0. The third-order valence-corrected chi connectivity index (χ3v) is 9.74. The van der Waals surface area contributed by atoms with E-state index in [1.165, 1.54) is 30.2 Å². The van der Waals surface area contributed by atoms with Gasteiger partial charge in [0, 0.05) is 17.6 Å². The van der Waals surface area contributed by atoms with Gasteiger partial charge in [-0.3, -0.25) is 13.9 Å². The molecule has 224 valence electrons. The molecule has 0 aromatic heterocycles. The van der Waals surface area contributed by atoms with Gasteiger partial charge >= 0.3 is 0 Å². The number of benzene rings is 3. The Balaban J connectivity index is 1.72. The summed E-state index contributed by atoms with van der Waals surface area (Å²) in [7, 11) is -2.71. The van der Waals surface area contributed by atoms with Crippen LogP contribution in [0.4, 0.5) is 5.69 Å². The second kappa shape index (κ2) is 14.1. The van der Waals surface area contributed by atoms with Crippen molar-refractivity contribution >= 4 is 39.1 Å². The molecule has 4 rings (SSSR count). The Morgan fingerprint density at radius 3 is 2.33 bits per heavy atom. The molecule has 0 aliphatic heterocycles. The van der Waals surface area contributed by atoms with Crippen molar-refractivity contribution in [3.63, 3.8) is 0 Å². The van der Waals surface area contributed by atoms with Gasteiger partial charge in [-0.05, 0) is 79.8 Å². The lowest BCUT2D eigenvalue weighted by atomic mass is 10.1. The average Bonchev–Trinajstić information content (AvgIpc) is 3.49. The van der Waals surface area contributed by atoms with E-state index in [9.17, 15) is 18.0 Å². The standard InChI is InChI=1S/C32H38ClN3O5S/c1-4-30(32(38)34-26-13-7-8-14-26)35(21-24-11-6-5-10-23(24)2)31(37)22-36(27-15-9-12-25(33)20-27)42(39,40)29-18-16-28(41-3)17-19-29/h5-6,9-12,15-20,26,30H,4,7-8,13-14,21-22H2,1-3H3,(H,34,38)/t30-/m1/s1. The van der Waals surface area contributed by atoms with Crippen LogP contribution in [0, 0.1) is 6.92 Å². The number of aryl methyl sites for hydroxylation is 1. The van der Waals surface area contributed by atoms with Gasteiger partial charge in [-0.15, -0.1) is 0 Å². The third-order valence-electron chi connectivity index (χ3n) is 7.71. The highest BCUT2D eigenvalue weighted by Crippen LogP contribution is 2.28. The van der Waals surface area contributed by atoms with E-state index in [1.807, 2.05) is 38.1 Å². The van der Waals surface area contributed by atoms with Crippen LogP contribution in [0.5, 0.6) is 5.75 Å². The molecule has 1 saturated carbocycles. The third kappa shape index (κ3) is 7.44. The van der Waals surface area contributed by atoms with Crippen molar-refractivity contribution in [1.29, 1.82) is 0 Å². The quantitative estimate of drug-likeness (QED) is 0.283. The van der Waals surface area contributed by atoms with Crippen molar-refractivity contribution in [2.75, 3.05) is 18.0 Å². The van der Waals surface area contributed by atoms with E-state index in [0.717, 1.165) is 41.1 Å². The predicted molar refractivity (Wildman–Crippen MR) is 165 cm³/mol. The second-order valence-corrected chi connectivity index (χ2v) is 12.8. The lowest BCUT2D eigenvalue weighted by molar-refractivity contribution is -0.140. The molecule has 10 heteroatoms. The summed E-state index contributed by atoms with van der Waals surface area (Å²) in [6, 6.07) is 19.3. The van der Waals surface area contributed by atoms with Crippen molar-refractivity contribution in [3.8, 4) is 5.75 Å². The minimum absolute atomic E-state index is 0.00690. The molecule has 0 saturated heterocycles. The van der Waals surface area contributed by atoms with Gasteiger partial charge in [0.15, 0.2) is 0 Å². The number of nitrogens with one attached hydrogen (secondary N) is 1. The van der Waals surface area contributed by atoms with Gasteiger partial charge < -0.3 is 15.0 Å². The van der Waals surface area contributed by atoms with Crippen LogP contribution in [-0.4, -0.2) is 50.9 Å². The summed E-state index contributed by atoms with van der Waals surface area (Å²) < 4.78 is 34.3. The molecule has 0 bridgehead atoms. The van der Waals surface area contributed by atoms with E-state index in [0.29, 0.717) is 17.2 Å². The van der Waals surface area contributed by atoms with E-state index < -0.39 is 28.5 Å². The maximum Gasteiger partial charge on any atom is 0.264 e. The van der Waals surface area contributed by atoms with Crippen molar-refractivity contribution < 1.29 is 22.7 Å². The summed E-state index contributed by atoms with van der Waals surface area (Å²) >= 11 is 6.26. The number of hydrogen-bond acceptors (Lipinski definition) is 5. The molecule has 0 radical (unpaired) electrons. The van der Waals surface area contributed by atoms with Gasteiger partial charge in [-0.25, -0.2) is 8.42 Å². The van der Waals surface area contributed by atoms with Gasteiger partial charge in [0.2, 0.25) is 11.8 Å². The van der Waals surface area contributed by atoms with E-state index in [1.54, 1.807) is 30.3 Å². The van der Waals surface area contributed by atoms with Crippen molar-refractivity contribution in [2.24, 2.45) is 0 Å². The van der Waals surface area contributed by atoms with Crippen LogP contribution in [0.1, 0.15) is 50.2 Å². The SMILES string of the molecule is CC[C@H](C(=O)NC1CCCC1)N(Cc1ccccc1C)C(=O)CN(c1cccc(Cl)c1)S(=O)(=O)c1ccc(OC)cc1. The Labute approximate surface area is 253 Å². The molecule has 0 spiro atoms. The number of amides is 2. The Bertz CT molecular complexity index is 1490. The number of rotatable bonds is 12. The lowest BCUT2D eigenvalue weighted by Gasteiger charge is -2.34. The Hall–Kier alpha value is -3.56. The number of ether oxygens (including phenoxy) is 1. The molecule has 8 nitrogen and oxygen atoms in total. The van der Waals surface area contributed by atoms with Gasteiger partial charge in [-0.2, -0.15) is 0 Å². The molecule has 0 unspecified atom stereocenters. The summed E-state index contributed by atoms with van der Waals surface area (Å²) in [5.41, 5.74) is 2.09. The van der Waals surface area contributed by atoms with Gasteiger partial charge in [0.1, 0.15) is 18.3 Å². The second-order valence-electron chi connectivity index (χ2n) is 10.5. The maximum atomic E-state index is 14.2. The minimum atomic E-state index is -4.21. The van der Waals surface area contributed by atoms with Gasteiger partial charge in [-0.1, -0.05) is 61.7 Å². The number of halogens is 1. The Morgan fingerprint density at radius 1 is 1.02 bits per heavy atom. The van der Waals surface area contributed by atoms with Crippen molar-refractivity contribution in [2.45, 2.75) is 69.5 Å². The van der Waals surface area contributed by atoms with Crippen LogP contribution in [0.15, 0.2) is 77.7 Å². The Morgan fingerprint density at radius 2 is 1.71 bits per heavy atom. The monoisotopic (exact) mass is 611 g/mol. The molecule has 42 heavy (non-hydrogen) atoms. The normalized spacial score (nSPS) is 14.3. The topological polar surface area (TPSA) is 96.0 Å². The highest BCUT2D eigenvalue weighted by Gasteiger charge is 2.34. The molecular formula is C32H38ClN3O5S. The molecule has 1 N–H and O–H groups in total. The average molecular weight is 612 g/mol. The molecular weight excluding hydrogens is 574 g/mol. The van der Waals surface area contributed by atoms with Crippen molar-refractivity contribution in [3.05, 3.63) is 88.9 Å². The number of hydrogen-bond donors (Lipinski definition) is 1. The zero-order valence-corrected chi connectivity index (χ0v) is 25.8. The molecule has 3 aromatic rings. The van der Waals surface area contributed by atoms with Crippen molar-refractivity contribution in [1.82, 2.24) is 10.2 Å². The maximum absolute atomic E-state index is 14.2. The fraction of sp³-hybridized carbons (Fsp3) is 0.375. The Kier molecular flexibility index (Phi) is 10.5. The van der Waals surface area contributed by atoms with Crippen LogP contribution in [0.25, 0.3) is 0 Å². The highest BCUT2D eigenvalue weighted by atomic mass is 35.5. The largest absolute Gasteiger partial charge is 0.497 e. The summed E-state index contributed by atoms with van der Waals surface area (Å²) in [6.45, 7) is 3.45. The van der Waals surface area contributed by atoms with Crippen LogP contribution in [-0.2, 0) is 26.2 Å². The smallest absolute Gasteiger partial charge is 0.264 e. The van der Waals surface area contributed by atoms with Crippen LogP contribution in [0.2, 0.25) is 5.02 Å². The molecule has 1 atom stereocenters. The van der Waals surface area contributed by atoms with Crippen LogP contribution < -0.4 is 14.4 Å². The molecule has 1 fully saturated rings. The van der Waals surface area contributed by atoms with Crippen LogP contribution in [0.3, 0.4) is 0 Å². The molecule has 0 heterocycles. The summed E-state index contributed by atoms with van der Waals surface area (Å²) in [5, 5.41) is 3.46.